The molecule has 94 heavy (non-hydrogen) atoms. The lowest BCUT2D eigenvalue weighted by Crippen LogP contribution is -2.10. The van der Waals surface area contributed by atoms with Gasteiger partial charge in [-0.2, -0.15) is 0 Å². The van der Waals surface area contributed by atoms with Crippen molar-refractivity contribution >= 4 is 144 Å². The Morgan fingerprint density at radius 1 is 0.202 bits per heavy atom. The van der Waals surface area contributed by atoms with Gasteiger partial charge in [-0.25, -0.2) is 0 Å². The summed E-state index contributed by atoms with van der Waals surface area (Å²) in [6.07, 6.45) is 4.67. The summed E-state index contributed by atoms with van der Waals surface area (Å²) in [6, 6.07) is 110. The van der Waals surface area contributed by atoms with Crippen LogP contribution in [0.15, 0.2) is 291 Å². The normalized spacial score (nSPS) is 11.7. The van der Waals surface area contributed by atoms with E-state index in [1.165, 1.54) is 153 Å². The molecule has 0 N–H and O–H groups in total. The van der Waals surface area contributed by atoms with E-state index in [0.717, 1.165) is 45.3 Å². The van der Waals surface area contributed by atoms with Crippen LogP contribution in [0.3, 0.4) is 0 Å². The number of nitrogens with zero attached hydrogens (tertiary/aromatic N) is 2. The third-order valence-electron chi connectivity index (χ3n) is 19.8. The van der Waals surface area contributed by atoms with Gasteiger partial charge in [0.2, 0.25) is 0 Å². The molecule has 17 rings (SSSR count). The number of fused-ring (bicyclic) bond motifs is 6. The summed E-state index contributed by atoms with van der Waals surface area (Å²) in [6.45, 7) is 12.9. The number of benzene rings is 17. The largest absolute Gasteiger partial charge is 0.310 e. The van der Waals surface area contributed by atoms with Crippen LogP contribution >= 0.6 is 0 Å². The van der Waals surface area contributed by atoms with Crippen LogP contribution in [0.25, 0.3) is 109 Å². The molecule has 0 radical (unpaired) electrons. The molecule has 0 fully saturated rings. The van der Waals surface area contributed by atoms with Crippen molar-refractivity contribution in [1.29, 1.82) is 0 Å². The van der Waals surface area contributed by atoms with Gasteiger partial charge in [-0.3, -0.25) is 0 Å². The van der Waals surface area contributed by atoms with E-state index in [2.05, 4.69) is 355 Å². The van der Waals surface area contributed by atoms with Crippen LogP contribution in [0.1, 0.15) is 66.8 Å². The molecule has 446 valence electrons. The van der Waals surface area contributed by atoms with E-state index in [9.17, 15) is 0 Å². The lowest BCUT2D eigenvalue weighted by molar-refractivity contribution is 1.29. The van der Waals surface area contributed by atoms with Crippen LogP contribution in [-0.4, -0.2) is 0 Å². The molecule has 17 aromatic rings. The maximum Gasteiger partial charge on any atom is 0.0540 e. The third-order valence-corrected chi connectivity index (χ3v) is 19.8. The Hall–Kier alpha value is -11.6. The average molecular weight is 1200 g/mol. The second-order valence-corrected chi connectivity index (χ2v) is 26.0. The zero-order chi connectivity index (χ0) is 63.3. The predicted octanol–water partition coefficient (Wildman–Crippen LogP) is 25.8. The first-order chi connectivity index (χ1) is 46.1. The van der Waals surface area contributed by atoms with E-state index in [-0.39, 0.29) is 0 Å². The van der Waals surface area contributed by atoms with Crippen LogP contribution in [-0.2, 0) is 0 Å². The van der Waals surface area contributed by atoms with E-state index >= 15 is 0 Å². The maximum absolute atomic E-state index is 2.46. The molecule has 0 bridgehead atoms. The van der Waals surface area contributed by atoms with Crippen molar-refractivity contribution in [3.63, 3.8) is 0 Å². The molecule has 17 aromatic carbocycles. The Kier molecular flexibility index (Phi) is 13.6. The van der Waals surface area contributed by atoms with Crippen molar-refractivity contribution in [1.82, 2.24) is 0 Å². The van der Waals surface area contributed by atoms with Gasteiger partial charge < -0.3 is 9.80 Å². The molecule has 0 saturated carbocycles. The summed E-state index contributed by atoms with van der Waals surface area (Å²) in [5.41, 5.74) is 23.6. The Morgan fingerprint density at radius 3 is 0.723 bits per heavy atom. The topological polar surface area (TPSA) is 6.48 Å². The molecule has 0 saturated heterocycles. The molecule has 0 spiro atoms. The van der Waals surface area contributed by atoms with Crippen LogP contribution in [0.4, 0.5) is 34.1 Å². The average Bonchev–Trinajstić information content (AvgIpc) is 0.682. The first-order valence-corrected chi connectivity index (χ1v) is 32.9. The van der Waals surface area contributed by atoms with Gasteiger partial charge in [0.05, 0.1) is 11.4 Å². The fourth-order valence-corrected chi connectivity index (χ4v) is 15.0. The molecule has 0 aliphatic rings. The molecule has 0 atom stereocenters. The summed E-state index contributed by atoms with van der Waals surface area (Å²) >= 11 is 0. The van der Waals surface area contributed by atoms with Gasteiger partial charge in [0.15, 0.2) is 0 Å². The van der Waals surface area contributed by atoms with E-state index < -0.39 is 0 Å². The highest BCUT2D eigenvalue weighted by atomic mass is 15.1. The highest BCUT2D eigenvalue weighted by Gasteiger charge is 2.26. The SMILES string of the molecule is Cc1ccc(C(=Cc2ccc(N(c3ccc(C)cc3)c3ccc4c5cccc6c5c(c5cccc3c45)c3cccc4c5ccc(N(c7ccc(C)cc7)c7ccc(C=C(c8ccc(C)cc8)c8ccc(C)cc8)cc7)c7cccc(c75)c6c43)cc2)c2ccc(C)cc2)cc1. The lowest BCUT2D eigenvalue weighted by Gasteiger charge is -2.29. The smallest absolute Gasteiger partial charge is 0.0540 e. The second kappa shape index (κ2) is 22.7. The van der Waals surface area contributed by atoms with Crippen molar-refractivity contribution in [3.05, 3.63) is 358 Å². The quantitative estimate of drug-likeness (QED) is 0.0683. The van der Waals surface area contributed by atoms with Crippen molar-refractivity contribution in [2.24, 2.45) is 0 Å². The van der Waals surface area contributed by atoms with Gasteiger partial charge in [0.25, 0.3) is 0 Å². The monoisotopic (exact) mass is 1200 g/mol. The molecule has 0 heterocycles. The summed E-state index contributed by atoms with van der Waals surface area (Å²) in [7, 11) is 0. The zero-order valence-electron chi connectivity index (χ0n) is 53.8. The van der Waals surface area contributed by atoms with Crippen LogP contribution in [0.2, 0.25) is 0 Å². The number of anilines is 6. The van der Waals surface area contributed by atoms with Gasteiger partial charge in [-0.15, -0.1) is 0 Å². The van der Waals surface area contributed by atoms with Crippen LogP contribution < -0.4 is 9.80 Å². The standard InChI is InChI=1S/C92H68N2/c1-57-19-35-65(36-20-57)83(66-37-21-58(2)22-38-66)55-63-31-47-71(48-32-63)93(69-43-27-61(5)28-44-69)85-53-51-75-73-11-7-18-82-89(73)91(79-15-9-13-77(85)87(75)79)81-17-8-12-74-76-52-54-86(78-14-10-16-80(88(76)78)92(82)90(74)81)94(70-45-29-62(6)30-46-70)72-49-33-64(34-50-72)56-84(67-39-23-59(3)24-40-67)68-41-25-60(4)26-42-68/h7-56H,1-6H3. The van der Waals surface area contributed by atoms with E-state index in [1.54, 1.807) is 0 Å². The van der Waals surface area contributed by atoms with Gasteiger partial charge >= 0.3 is 0 Å². The molecule has 2 heteroatoms. The molecule has 0 aliphatic heterocycles. The summed E-state index contributed by atoms with van der Waals surface area (Å²) in [5, 5.41) is 20.3. The first-order valence-electron chi connectivity index (χ1n) is 32.9. The van der Waals surface area contributed by atoms with Crippen molar-refractivity contribution < 1.29 is 0 Å². The minimum absolute atomic E-state index is 1.10. The summed E-state index contributed by atoms with van der Waals surface area (Å²) in [5.74, 6) is 0. The van der Waals surface area contributed by atoms with Gasteiger partial charge in [-0.05, 0) is 234 Å². The van der Waals surface area contributed by atoms with Crippen molar-refractivity contribution in [3.8, 4) is 0 Å². The fraction of sp³-hybridized carbons (Fsp3) is 0.0652. The zero-order valence-corrected chi connectivity index (χ0v) is 53.8. The van der Waals surface area contributed by atoms with E-state index in [1.807, 2.05) is 0 Å². The number of rotatable bonds is 12. The fourth-order valence-electron chi connectivity index (χ4n) is 15.0. The van der Waals surface area contributed by atoms with Gasteiger partial charge in [-0.1, -0.05) is 264 Å². The Balaban J connectivity index is 0.828. The van der Waals surface area contributed by atoms with E-state index in [0.29, 0.717) is 0 Å². The minimum Gasteiger partial charge on any atom is -0.310 e. The highest BCUT2D eigenvalue weighted by molar-refractivity contribution is 6.48. The summed E-state index contributed by atoms with van der Waals surface area (Å²) in [4.78, 5) is 4.91. The molecule has 0 aromatic heterocycles. The predicted molar refractivity (Wildman–Crippen MR) is 406 cm³/mol. The Bertz CT molecular complexity index is 5360. The van der Waals surface area contributed by atoms with Crippen molar-refractivity contribution in [2.75, 3.05) is 9.80 Å². The maximum atomic E-state index is 2.46. The number of hydrogen-bond donors (Lipinski definition) is 0. The van der Waals surface area contributed by atoms with Crippen LogP contribution in [0.5, 0.6) is 0 Å². The minimum atomic E-state index is 1.10. The molecule has 0 amide bonds. The lowest BCUT2D eigenvalue weighted by atomic mass is 9.81. The van der Waals surface area contributed by atoms with Gasteiger partial charge in [0.1, 0.15) is 0 Å². The van der Waals surface area contributed by atoms with Crippen LogP contribution in [0, 0.1) is 41.5 Å². The highest BCUT2D eigenvalue weighted by Crippen LogP contribution is 2.53. The van der Waals surface area contributed by atoms with E-state index in [4.69, 9.17) is 0 Å². The summed E-state index contributed by atoms with van der Waals surface area (Å²) < 4.78 is 0. The first kappa shape index (κ1) is 56.4. The molecular weight excluding hydrogens is 1130 g/mol. The molecule has 0 aliphatic carbocycles. The third kappa shape index (κ3) is 9.55. The van der Waals surface area contributed by atoms with Crippen molar-refractivity contribution in [2.45, 2.75) is 41.5 Å². The molecular formula is C92H68N2. The number of hydrogen-bond acceptors (Lipinski definition) is 2. The number of aryl methyl sites for hydroxylation is 6. The van der Waals surface area contributed by atoms with Gasteiger partial charge in [0, 0.05) is 33.5 Å². The Labute approximate surface area is 549 Å². The molecule has 2 nitrogen and oxygen atoms in total. The second-order valence-electron chi connectivity index (χ2n) is 26.0. The Morgan fingerprint density at radius 2 is 0.426 bits per heavy atom. The molecule has 0 unspecified atom stereocenters.